The summed E-state index contributed by atoms with van der Waals surface area (Å²) in [6.45, 7) is 0.511. The molecule has 1 saturated heterocycles. The van der Waals surface area contributed by atoms with E-state index >= 15 is 0 Å². The minimum atomic E-state index is -4.11. The van der Waals surface area contributed by atoms with Crippen molar-refractivity contribution in [2.45, 2.75) is 28.7 Å². The third-order valence-electron chi connectivity index (χ3n) is 6.10. The lowest BCUT2D eigenvalue weighted by atomic mass is 10.0. The molecule has 1 fully saturated rings. The van der Waals surface area contributed by atoms with Gasteiger partial charge in [0.05, 0.1) is 33.8 Å². The van der Waals surface area contributed by atoms with Crippen LogP contribution in [0.15, 0.2) is 82.7 Å². The van der Waals surface area contributed by atoms with Crippen LogP contribution < -0.4 is 4.90 Å². The zero-order chi connectivity index (χ0) is 23.9. The molecule has 4 aromatic rings. The van der Waals surface area contributed by atoms with Gasteiger partial charge in [-0.3, -0.25) is 4.98 Å². The molecule has 5 nitrogen and oxygen atoms in total. The molecule has 1 atom stereocenters. The summed E-state index contributed by atoms with van der Waals surface area (Å²) < 4.78 is 55.9. The molecule has 34 heavy (non-hydrogen) atoms. The molecule has 1 aromatic heterocycles. The highest BCUT2D eigenvalue weighted by Crippen LogP contribution is 2.44. The molecule has 5 rings (SSSR count). The van der Waals surface area contributed by atoms with E-state index in [0.29, 0.717) is 35.1 Å². The molecule has 3 aromatic carbocycles. The van der Waals surface area contributed by atoms with Crippen molar-refractivity contribution in [2.24, 2.45) is 0 Å². The molecule has 0 amide bonds. The molecule has 0 spiro atoms. The van der Waals surface area contributed by atoms with Crippen LogP contribution in [0.25, 0.3) is 10.9 Å². The molecule has 0 saturated carbocycles. The van der Waals surface area contributed by atoms with E-state index in [-0.39, 0.29) is 27.2 Å². The number of benzene rings is 3. The maximum Gasteiger partial charge on any atom is 0.210 e. The van der Waals surface area contributed by atoms with Gasteiger partial charge in [-0.05, 0) is 66.9 Å². The van der Waals surface area contributed by atoms with Crippen LogP contribution in [-0.2, 0) is 9.84 Å². The number of anilines is 1. The Balaban J connectivity index is 1.77. The van der Waals surface area contributed by atoms with Crippen molar-refractivity contribution in [3.05, 3.63) is 95.7 Å². The molecular weight excluding hydrogens is 456 g/mol. The van der Waals surface area contributed by atoms with Gasteiger partial charge >= 0.3 is 0 Å². The fraction of sp³-hybridized carbons (Fsp3) is 0.154. The second-order valence-corrected chi connectivity index (χ2v) is 10.1. The number of hydrogen-bond acceptors (Lipinski definition) is 5. The normalized spacial score (nSPS) is 16.0. The molecule has 8 heteroatoms. The number of fused-ring (bicyclic) bond motifs is 1. The summed E-state index contributed by atoms with van der Waals surface area (Å²) in [7, 11) is -4.11. The first-order valence-corrected chi connectivity index (χ1v) is 12.2. The number of nitrogens with zero attached hydrogens (tertiary/aromatic N) is 3. The molecule has 0 N–H and O–H groups in total. The number of hydrogen-bond donors (Lipinski definition) is 0. The van der Waals surface area contributed by atoms with Crippen molar-refractivity contribution in [1.29, 1.82) is 5.26 Å². The number of halogens is 2. The monoisotopic (exact) mass is 475 g/mol. The molecular formula is C26H19F2N3O2S. The predicted octanol–water partition coefficient (Wildman–Crippen LogP) is 5.56. The minimum Gasteiger partial charge on any atom is -0.363 e. The minimum absolute atomic E-state index is 0.0492. The first-order chi connectivity index (χ1) is 16.4. The highest BCUT2D eigenvalue weighted by Gasteiger charge is 2.33. The van der Waals surface area contributed by atoms with Crippen LogP contribution in [0.4, 0.5) is 14.5 Å². The number of rotatable bonds is 4. The predicted molar refractivity (Wildman–Crippen MR) is 124 cm³/mol. The third kappa shape index (κ3) is 3.78. The quantitative estimate of drug-likeness (QED) is 0.386. The van der Waals surface area contributed by atoms with Gasteiger partial charge in [-0.15, -0.1) is 0 Å². The number of sulfone groups is 1. The van der Waals surface area contributed by atoms with Crippen LogP contribution in [0, 0.1) is 23.0 Å². The Morgan fingerprint density at radius 3 is 2.59 bits per heavy atom. The van der Waals surface area contributed by atoms with Gasteiger partial charge in [-0.1, -0.05) is 18.2 Å². The van der Waals surface area contributed by atoms with Gasteiger partial charge in [-0.2, -0.15) is 5.26 Å². The Labute approximate surface area is 195 Å². The summed E-state index contributed by atoms with van der Waals surface area (Å²) in [5, 5.41) is 9.60. The number of nitriles is 1. The smallest absolute Gasteiger partial charge is 0.210 e. The van der Waals surface area contributed by atoms with Crippen LogP contribution in [-0.4, -0.2) is 19.9 Å². The van der Waals surface area contributed by atoms with Crippen LogP contribution >= 0.6 is 0 Å². The maximum atomic E-state index is 14.3. The maximum absolute atomic E-state index is 14.3. The van der Waals surface area contributed by atoms with E-state index in [0.717, 1.165) is 6.42 Å². The lowest BCUT2D eigenvalue weighted by Crippen LogP contribution is -2.25. The summed E-state index contributed by atoms with van der Waals surface area (Å²) in [5.74, 6) is -0.894. The van der Waals surface area contributed by atoms with E-state index in [4.69, 9.17) is 0 Å². The zero-order valence-corrected chi connectivity index (χ0v) is 18.8. The molecule has 0 aliphatic carbocycles. The van der Waals surface area contributed by atoms with Crippen LogP contribution in [0.5, 0.6) is 0 Å². The van der Waals surface area contributed by atoms with E-state index in [1.807, 2.05) is 11.0 Å². The molecule has 1 aliphatic rings. The van der Waals surface area contributed by atoms with Gasteiger partial charge in [0.2, 0.25) is 9.84 Å². The molecule has 0 bridgehead atoms. The van der Waals surface area contributed by atoms with E-state index in [1.54, 1.807) is 12.1 Å². The molecule has 0 radical (unpaired) electrons. The Hall–Kier alpha value is -3.83. The van der Waals surface area contributed by atoms with Crippen molar-refractivity contribution >= 4 is 26.4 Å². The van der Waals surface area contributed by atoms with Crippen molar-refractivity contribution in [3.63, 3.8) is 0 Å². The van der Waals surface area contributed by atoms with E-state index in [2.05, 4.69) is 4.98 Å². The van der Waals surface area contributed by atoms with Crippen molar-refractivity contribution in [2.75, 3.05) is 11.4 Å². The average molecular weight is 476 g/mol. The van der Waals surface area contributed by atoms with Gasteiger partial charge in [0.1, 0.15) is 16.5 Å². The average Bonchev–Trinajstić information content (AvgIpc) is 3.33. The van der Waals surface area contributed by atoms with Crippen molar-refractivity contribution in [3.8, 4) is 6.07 Å². The van der Waals surface area contributed by atoms with Crippen molar-refractivity contribution < 1.29 is 17.2 Å². The van der Waals surface area contributed by atoms with Gasteiger partial charge in [0.15, 0.2) is 0 Å². The number of pyridine rings is 1. The largest absolute Gasteiger partial charge is 0.363 e. The first-order valence-electron chi connectivity index (χ1n) is 10.7. The highest BCUT2D eigenvalue weighted by molar-refractivity contribution is 7.91. The second-order valence-electron chi connectivity index (χ2n) is 8.18. The van der Waals surface area contributed by atoms with Gasteiger partial charge < -0.3 is 4.90 Å². The van der Waals surface area contributed by atoms with Crippen LogP contribution in [0.3, 0.4) is 0 Å². The van der Waals surface area contributed by atoms with Crippen molar-refractivity contribution in [1.82, 2.24) is 4.98 Å². The summed E-state index contributed by atoms with van der Waals surface area (Å²) in [5.41, 5.74) is 1.71. The SMILES string of the molecule is N#Cc1cccc(S(=O)(=O)c2cnc3ccc(F)cc3c2N2CCCC2c2cccc(F)c2)c1. The lowest BCUT2D eigenvalue weighted by molar-refractivity contribution is 0.594. The van der Waals surface area contributed by atoms with Crippen LogP contribution in [0.1, 0.15) is 30.0 Å². The van der Waals surface area contributed by atoms with Gasteiger partial charge in [0, 0.05) is 18.1 Å². The molecule has 2 heterocycles. The lowest BCUT2D eigenvalue weighted by Gasteiger charge is -2.30. The topological polar surface area (TPSA) is 74.1 Å². The van der Waals surface area contributed by atoms with Crippen LogP contribution in [0.2, 0.25) is 0 Å². The fourth-order valence-corrected chi connectivity index (χ4v) is 6.05. The molecule has 1 unspecified atom stereocenters. The fourth-order valence-electron chi connectivity index (χ4n) is 4.58. The van der Waals surface area contributed by atoms with Gasteiger partial charge in [0.25, 0.3) is 0 Å². The summed E-state index contributed by atoms with van der Waals surface area (Å²) in [6.07, 6.45) is 2.72. The summed E-state index contributed by atoms with van der Waals surface area (Å²) in [6, 6.07) is 17.7. The second kappa shape index (κ2) is 8.50. The zero-order valence-electron chi connectivity index (χ0n) is 17.9. The standard InChI is InChI=1S/C26H19F2N3O2S/c27-19-6-2-5-18(13-19)24-8-3-11-31(24)26-22-14-20(28)9-10-23(22)30-16-25(26)34(32,33)21-7-1-4-17(12-21)15-29/h1-2,4-7,9-10,12-14,16,24H,3,8,11H2. The van der Waals surface area contributed by atoms with E-state index < -0.39 is 15.7 Å². The molecule has 1 aliphatic heterocycles. The first kappa shape index (κ1) is 22.0. The van der Waals surface area contributed by atoms with Gasteiger partial charge in [-0.25, -0.2) is 17.2 Å². The highest BCUT2D eigenvalue weighted by atomic mass is 32.2. The van der Waals surface area contributed by atoms with E-state index in [9.17, 15) is 22.5 Å². The Morgan fingerprint density at radius 1 is 1.00 bits per heavy atom. The Morgan fingerprint density at radius 2 is 1.79 bits per heavy atom. The summed E-state index contributed by atoms with van der Waals surface area (Å²) >= 11 is 0. The van der Waals surface area contributed by atoms with E-state index in [1.165, 1.54) is 60.8 Å². The number of aromatic nitrogens is 1. The third-order valence-corrected chi connectivity index (χ3v) is 7.86. The summed E-state index contributed by atoms with van der Waals surface area (Å²) in [4.78, 5) is 6.08. The Bertz CT molecular complexity index is 1560. The molecule has 170 valence electrons. The Kier molecular flexibility index (Phi) is 5.50.